The molecule has 0 bridgehead atoms. The summed E-state index contributed by atoms with van der Waals surface area (Å²) >= 11 is 0. The largest absolute Gasteiger partial charge is 0.261 e. The lowest BCUT2D eigenvalue weighted by molar-refractivity contribution is 0.246. The van der Waals surface area contributed by atoms with Gasteiger partial charge in [0.2, 0.25) is 0 Å². The average molecular weight is 305 g/mol. The van der Waals surface area contributed by atoms with Gasteiger partial charge in [0.1, 0.15) is 0 Å². The first-order chi connectivity index (χ1) is 10.6. The summed E-state index contributed by atoms with van der Waals surface area (Å²) in [5, 5.41) is 0. The Morgan fingerprint density at radius 2 is 1.45 bits per heavy atom. The van der Waals surface area contributed by atoms with Gasteiger partial charge in [-0.3, -0.25) is 9.97 Å². The molecule has 0 radical (unpaired) electrons. The minimum absolute atomic E-state index is 0.393. The molecule has 22 heavy (non-hydrogen) atoms. The standard InChI is InChI=1S/C20H36N2/c1-5-7-9-11-13-20(4,14-12-10-8-6-2)15-19-17-21-16-18(3)22-19/h16-17H,5-15H2,1-4H3. The van der Waals surface area contributed by atoms with Crippen LogP contribution in [0.2, 0.25) is 0 Å². The lowest BCUT2D eigenvalue weighted by Crippen LogP contribution is -2.21. The summed E-state index contributed by atoms with van der Waals surface area (Å²) < 4.78 is 0. The summed E-state index contributed by atoms with van der Waals surface area (Å²) in [5.41, 5.74) is 2.61. The van der Waals surface area contributed by atoms with E-state index >= 15 is 0 Å². The zero-order valence-corrected chi connectivity index (χ0v) is 15.3. The van der Waals surface area contributed by atoms with Gasteiger partial charge < -0.3 is 0 Å². The second-order valence-electron chi connectivity index (χ2n) is 7.26. The maximum atomic E-state index is 4.68. The molecule has 0 aromatic carbocycles. The fourth-order valence-corrected chi connectivity index (χ4v) is 3.30. The summed E-state index contributed by atoms with van der Waals surface area (Å²) in [4.78, 5) is 9.01. The molecule has 2 heteroatoms. The first kappa shape index (κ1) is 19.1. The smallest absolute Gasteiger partial charge is 0.0595 e. The fraction of sp³-hybridized carbons (Fsp3) is 0.800. The van der Waals surface area contributed by atoms with Crippen molar-refractivity contribution < 1.29 is 0 Å². The number of rotatable bonds is 12. The maximum Gasteiger partial charge on any atom is 0.0595 e. The highest BCUT2D eigenvalue weighted by Crippen LogP contribution is 2.34. The zero-order chi connectivity index (χ0) is 16.3. The second kappa shape index (κ2) is 10.7. The molecule has 2 nitrogen and oxygen atoms in total. The van der Waals surface area contributed by atoms with E-state index in [-0.39, 0.29) is 0 Å². The Morgan fingerprint density at radius 3 is 1.95 bits per heavy atom. The minimum atomic E-state index is 0.393. The number of unbranched alkanes of at least 4 members (excludes halogenated alkanes) is 6. The highest BCUT2D eigenvalue weighted by Gasteiger charge is 2.24. The van der Waals surface area contributed by atoms with Crippen LogP contribution < -0.4 is 0 Å². The quantitative estimate of drug-likeness (QED) is 0.425. The van der Waals surface area contributed by atoms with Crippen molar-refractivity contribution in [1.29, 1.82) is 0 Å². The molecule has 0 aliphatic carbocycles. The van der Waals surface area contributed by atoms with E-state index in [2.05, 4.69) is 30.7 Å². The Morgan fingerprint density at radius 1 is 0.864 bits per heavy atom. The van der Waals surface area contributed by atoms with Gasteiger partial charge in [0, 0.05) is 12.4 Å². The number of nitrogens with zero attached hydrogens (tertiary/aromatic N) is 2. The third-order valence-electron chi connectivity index (χ3n) is 4.68. The van der Waals surface area contributed by atoms with Crippen LogP contribution in [0.1, 0.15) is 96.4 Å². The molecule has 0 aliphatic heterocycles. The third-order valence-corrected chi connectivity index (χ3v) is 4.68. The highest BCUT2D eigenvalue weighted by molar-refractivity contribution is 5.04. The molecular formula is C20H36N2. The van der Waals surface area contributed by atoms with Crippen LogP contribution in [0.3, 0.4) is 0 Å². The van der Waals surface area contributed by atoms with Gasteiger partial charge in [-0.1, -0.05) is 72.1 Å². The Labute approximate surface area is 138 Å². The molecule has 1 aromatic rings. The van der Waals surface area contributed by atoms with Crippen LogP contribution >= 0.6 is 0 Å². The lowest BCUT2D eigenvalue weighted by atomic mass is 9.76. The fourth-order valence-electron chi connectivity index (χ4n) is 3.30. The molecule has 0 amide bonds. The van der Waals surface area contributed by atoms with Gasteiger partial charge in [-0.15, -0.1) is 0 Å². The number of aryl methyl sites for hydroxylation is 1. The molecular weight excluding hydrogens is 268 g/mol. The van der Waals surface area contributed by atoms with Crippen LogP contribution in [-0.4, -0.2) is 9.97 Å². The van der Waals surface area contributed by atoms with E-state index in [4.69, 9.17) is 0 Å². The lowest BCUT2D eigenvalue weighted by Gasteiger charge is -2.30. The molecule has 0 atom stereocenters. The maximum absolute atomic E-state index is 4.68. The normalized spacial score (nSPS) is 11.8. The van der Waals surface area contributed by atoms with Gasteiger partial charge >= 0.3 is 0 Å². The number of aromatic nitrogens is 2. The van der Waals surface area contributed by atoms with E-state index in [9.17, 15) is 0 Å². The van der Waals surface area contributed by atoms with E-state index < -0.39 is 0 Å². The van der Waals surface area contributed by atoms with Crippen molar-refractivity contribution in [3.8, 4) is 0 Å². The molecule has 126 valence electrons. The average Bonchev–Trinajstić information content (AvgIpc) is 2.48. The summed E-state index contributed by atoms with van der Waals surface area (Å²) in [6.45, 7) is 9.07. The van der Waals surface area contributed by atoms with Crippen LogP contribution in [0.5, 0.6) is 0 Å². The molecule has 1 rings (SSSR count). The van der Waals surface area contributed by atoms with Crippen molar-refractivity contribution in [1.82, 2.24) is 9.97 Å². The van der Waals surface area contributed by atoms with Gasteiger partial charge in [0.15, 0.2) is 0 Å². The van der Waals surface area contributed by atoms with Gasteiger partial charge in [-0.2, -0.15) is 0 Å². The molecule has 0 aliphatic rings. The molecule has 0 saturated heterocycles. The van der Waals surface area contributed by atoms with Crippen molar-refractivity contribution in [3.05, 3.63) is 23.8 Å². The number of hydrogen-bond acceptors (Lipinski definition) is 2. The van der Waals surface area contributed by atoms with Crippen molar-refractivity contribution in [3.63, 3.8) is 0 Å². The Balaban J connectivity index is 2.58. The monoisotopic (exact) mass is 304 g/mol. The van der Waals surface area contributed by atoms with E-state index in [1.807, 2.05) is 19.3 Å². The molecule has 0 saturated carbocycles. The van der Waals surface area contributed by atoms with Crippen molar-refractivity contribution in [2.45, 2.75) is 98.3 Å². The van der Waals surface area contributed by atoms with Crippen molar-refractivity contribution in [2.24, 2.45) is 5.41 Å². The van der Waals surface area contributed by atoms with E-state index in [0.29, 0.717) is 5.41 Å². The molecule has 0 unspecified atom stereocenters. The second-order valence-corrected chi connectivity index (χ2v) is 7.26. The Bertz CT molecular complexity index is 388. The van der Waals surface area contributed by atoms with Gasteiger partial charge in [0.25, 0.3) is 0 Å². The van der Waals surface area contributed by atoms with Crippen LogP contribution in [0.4, 0.5) is 0 Å². The predicted molar refractivity (Wildman–Crippen MR) is 96.1 cm³/mol. The molecule has 0 spiro atoms. The highest BCUT2D eigenvalue weighted by atomic mass is 14.8. The zero-order valence-electron chi connectivity index (χ0n) is 15.3. The van der Waals surface area contributed by atoms with Crippen molar-refractivity contribution in [2.75, 3.05) is 0 Å². The predicted octanol–water partition coefficient (Wildman–Crippen LogP) is 6.27. The van der Waals surface area contributed by atoms with Crippen LogP contribution in [0.15, 0.2) is 12.4 Å². The van der Waals surface area contributed by atoms with E-state index in [1.165, 1.54) is 69.9 Å². The first-order valence-corrected chi connectivity index (χ1v) is 9.37. The van der Waals surface area contributed by atoms with Crippen LogP contribution in [0.25, 0.3) is 0 Å². The Hall–Kier alpha value is -0.920. The summed E-state index contributed by atoms with van der Waals surface area (Å²) in [5.74, 6) is 0. The molecule has 0 fully saturated rings. The number of hydrogen-bond donors (Lipinski definition) is 0. The van der Waals surface area contributed by atoms with Gasteiger partial charge in [-0.25, -0.2) is 0 Å². The van der Waals surface area contributed by atoms with E-state index in [1.54, 1.807) is 0 Å². The van der Waals surface area contributed by atoms with Crippen LogP contribution in [0, 0.1) is 12.3 Å². The topological polar surface area (TPSA) is 25.8 Å². The third kappa shape index (κ3) is 7.91. The summed E-state index contributed by atoms with van der Waals surface area (Å²) in [6.07, 6.45) is 18.4. The van der Waals surface area contributed by atoms with E-state index in [0.717, 1.165) is 12.1 Å². The summed E-state index contributed by atoms with van der Waals surface area (Å²) in [7, 11) is 0. The SMILES string of the molecule is CCCCCCC(C)(CCCCCC)Cc1cncc(C)n1. The minimum Gasteiger partial charge on any atom is -0.261 e. The van der Waals surface area contributed by atoms with Crippen molar-refractivity contribution >= 4 is 0 Å². The Kier molecular flexibility index (Phi) is 9.34. The summed E-state index contributed by atoms with van der Waals surface area (Å²) in [6, 6.07) is 0. The molecule has 0 N–H and O–H groups in total. The van der Waals surface area contributed by atoms with Crippen LogP contribution in [-0.2, 0) is 6.42 Å². The molecule has 1 heterocycles. The van der Waals surface area contributed by atoms with Gasteiger partial charge in [0.05, 0.1) is 11.4 Å². The first-order valence-electron chi connectivity index (χ1n) is 9.37. The molecule has 1 aromatic heterocycles. The van der Waals surface area contributed by atoms with Gasteiger partial charge in [-0.05, 0) is 31.6 Å².